The Morgan fingerprint density at radius 2 is 2.10 bits per heavy atom. The zero-order valence-corrected chi connectivity index (χ0v) is 14.1. The van der Waals surface area contributed by atoms with Crippen molar-refractivity contribution >= 4 is 17.7 Å². The zero-order valence-electron chi connectivity index (χ0n) is 13.3. The van der Waals surface area contributed by atoms with E-state index in [0.717, 1.165) is 38.0 Å². The lowest BCUT2D eigenvalue weighted by molar-refractivity contribution is 0.0692. The standard InChI is InChI=1S/C17H26N2OS/c1-4-11-19(15-9-10-18-12-15)17(20)14-5-7-16(8-6-14)21-13(2)3/h5-8,13,15,18H,4,9-12H2,1-3H3. The smallest absolute Gasteiger partial charge is 0.254 e. The molecule has 0 bridgehead atoms. The van der Waals surface area contributed by atoms with Crippen molar-refractivity contribution in [3.8, 4) is 0 Å². The number of nitrogens with one attached hydrogen (secondary N) is 1. The number of nitrogens with zero attached hydrogens (tertiary/aromatic N) is 1. The molecular formula is C17H26N2OS. The SMILES string of the molecule is CCCN(C(=O)c1ccc(SC(C)C)cc1)C1CCNC1. The Hall–Kier alpha value is -1.00. The normalized spacial score (nSPS) is 18.2. The summed E-state index contributed by atoms with van der Waals surface area (Å²) < 4.78 is 0. The molecule has 1 aromatic carbocycles. The number of thioether (sulfide) groups is 1. The van der Waals surface area contributed by atoms with Gasteiger partial charge in [0, 0.05) is 34.8 Å². The number of hydrogen-bond acceptors (Lipinski definition) is 3. The molecule has 3 nitrogen and oxygen atoms in total. The maximum atomic E-state index is 12.7. The van der Waals surface area contributed by atoms with Crippen molar-refractivity contribution in [3.05, 3.63) is 29.8 Å². The molecule has 1 heterocycles. The third-order valence-corrected chi connectivity index (χ3v) is 4.69. The van der Waals surface area contributed by atoms with Crippen LogP contribution in [0, 0.1) is 0 Å². The van der Waals surface area contributed by atoms with Gasteiger partial charge in [-0.2, -0.15) is 0 Å². The summed E-state index contributed by atoms with van der Waals surface area (Å²) in [5.41, 5.74) is 0.809. The first-order valence-electron chi connectivity index (χ1n) is 7.90. The van der Waals surface area contributed by atoms with Crippen LogP contribution in [0.3, 0.4) is 0 Å². The summed E-state index contributed by atoms with van der Waals surface area (Å²) >= 11 is 1.83. The summed E-state index contributed by atoms with van der Waals surface area (Å²) in [7, 11) is 0. The Balaban J connectivity index is 2.08. The van der Waals surface area contributed by atoms with Crippen molar-refractivity contribution in [2.75, 3.05) is 19.6 Å². The van der Waals surface area contributed by atoms with E-state index < -0.39 is 0 Å². The highest BCUT2D eigenvalue weighted by Gasteiger charge is 2.26. The van der Waals surface area contributed by atoms with Gasteiger partial charge >= 0.3 is 0 Å². The molecule has 0 spiro atoms. The molecule has 0 aromatic heterocycles. The van der Waals surface area contributed by atoms with Gasteiger partial charge in [-0.1, -0.05) is 20.8 Å². The molecule has 4 heteroatoms. The Kier molecular flexibility index (Phi) is 6.12. The molecule has 1 atom stereocenters. The van der Waals surface area contributed by atoms with Gasteiger partial charge in [-0.05, 0) is 43.7 Å². The average molecular weight is 306 g/mol. The first-order chi connectivity index (χ1) is 10.1. The minimum Gasteiger partial charge on any atom is -0.334 e. The number of amides is 1. The molecule has 1 aliphatic heterocycles. The third kappa shape index (κ3) is 4.48. The Labute approximate surface area is 132 Å². The van der Waals surface area contributed by atoms with E-state index in [4.69, 9.17) is 0 Å². The minimum atomic E-state index is 0.173. The van der Waals surface area contributed by atoms with Crippen LogP contribution in [0.1, 0.15) is 44.0 Å². The summed E-state index contributed by atoms with van der Waals surface area (Å²) in [5.74, 6) is 0.173. The molecule has 1 aliphatic rings. The van der Waals surface area contributed by atoms with Crippen molar-refractivity contribution < 1.29 is 4.79 Å². The lowest BCUT2D eigenvalue weighted by Gasteiger charge is -2.28. The second-order valence-electron chi connectivity index (χ2n) is 5.84. The second-order valence-corrected chi connectivity index (χ2v) is 7.49. The minimum absolute atomic E-state index is 0.173. The summed E-state index contributed by atoms with van der Waals surface area (Å²) in [4.78, 5) is 16.0. The van der Waals surface area contributed by atoms with Crippen LogP contribution in [0.4, 0.5) is 0 Å². The third-order valence-electron chi connectivity index (χ3n) is 3.67. The predicted molar refractivity (Wildman–Crippen MR) is 90.0 cm³/mol. The summed E-state index contributed by atoms with van der Waals surface area (Å²) in [6.07, 6.45) is 2.07. The van der Waals surface area contributed by atoms with Gasteiger partial charge in [0.1, 0.15) is 0 Å². The van der Waals surface area contributed by atoms with E-state index in [1.165, 1.54) is 4.90 Å². The second kappa shape index (κ2) is 7.85. The molecule has 2 rings (SSSR count). The van der Waals surface area contributed by atoms with E-state index in [1.54, 1.807) is 0 Å². The Morgan fingerprint density at radius 1 is 1.38 bits per heavy atom. The van der Waals surface area contributed by atoms with Crippen LogP contribution in [-0.2, 0) is 0 Å². The van der Waals surface area contributed by atoms with Crippen LogP contribution in [-0.4, -0.2) is 41.7 Å². The van der Waals surface area contributed by atoms with Crippen LogP contribution in [0.25, 0.3) is 0 Å². The van der Waals surface area contributed by atoms with Crippen LogP contribution >= 0.6 is 11.8 Å². The maximum Gasteiger partial charge on any atom is 0.254 e. The fourth-order valence-corrected chi connectivity index (χ4v) is 3.55. The predicted octanol–water partition coefficient (Wildman–Crippen LogP) is 3.40. The van der Waals surface area contributed by atoms with Crippen LogP contribution in [0.15, 0.2) is 29.2 Å². The maximum absolute atomic E-state index is 12.7. The topological polar surface area (TPSA) is 32.3 Å². The quantitative estimate of drug-likeness (QED) is 0.818. The largest absolute Gasteiger partial charge is 0.334 e. The van der Waals surface area contributed by atoms with Gasteiger partial charge in [0.05, 0.1) is 0 Å². The highest BCUT2D eigenvalue weighted by molar-refractivity contribution is 7.99. The van der Waals surface area contributed by atoms with Crippen molar-refractivity contribution in [3.63, 3.8) is 0 Å². The molecule has 0 radical (unpaired) electrons. The fourth-order valence-electron chi connectivity index (χ4n) is 2.71. The molecule has 1 amide bonds. The molecule has 1 aromatic rings. The Bertz CT molecular complexity index is 452. The molecule has 116 valence electrons. The number of rotatable bonds is 6. The van der Waals surface area contributed by atoms with Gasteiger partial charge in [-0.15, -0.1) is 11.8 Å². The first-order valence-corrected chi connectivity index (χ1v) is 8.78. The van der Waals surface area contributed by atoms with Gasteiger partial charge in [0.2, 0.25) is 0 Å². The fraction of sp³-hybridized carbons (Fsp3) is 0.588. The molecule has 1 fully saturated rings. The van der Waals surface area contributed by atoms with Gasteiger partial charge in [-0.25, -0.2) is 0 Å². The summed E-state index contributed by atoms with van der Waals surface area (Å²) in [6, 6.07) is 8.42. The Morgan fingerprint density at radius 3 is 2.62 bits per heavy atom. The molecule has 21 heavy (non-hydrogen) atoms. The highest BCUT2D eigenvalue weighted by Crippen LogP contribution is 2.23. The van der Waals surface area contributed by atoms with E-state index >= 15 is 0 Å². The van der Waals surface area contributed by atoms with Gasteiger partial charge in [0.15, 0.2) is 0 Å². The van der Waals surface area contributed by atoms with E-state index in [0.29, 0.717) is 11.3 Å². The molecule has 0 aliphatic carbocycles. The number of carbonyl (C=O) groups is 1. The van der Waals surface area contributed by atoms with Crippen molar-refractivity contribution in [1.29, 1.82) is 0 Å². The van der Waals surface area contributed by atoms with Crippen LogP contribution < -0.4 is 5.32 Å². The number of carbonyl (C=O) groups excluding carboxylic acids is 1. The average Bonchev–Trinajstić information content (AvgIpc) is 2.98. The van der Waals surface area contributed by atoms with Crippen LogP contribution in [0.2, 0.25) is 0 Å². The zero-order chi connectivity index (χ0) is 15.2. The van der Waals surface area contributed by atoms with E-state index in [2.05, 4.69) is 38.2 Å². The highest BCUT2D eigenvalue weighted by atomic mass is 32.2. The number of benzene rings is 1. The molecule has 1 N–H and O–H groups in total. The first kappa shape index (κ1) is 16.4. The molecule has 1 saturated heterocycles. The molecule has 0 saturated carbocycles. The lowest BCUT2D eigenvalue weighted by Crippen LogP contribution is -2.42. The lowest BCUT2D eigenvalue weighted by atomic mass is 10.1. The van der Waals surface area contributed by atoms with Gasteiger partial charge in [-0.3, -0.25) is 4.79 Å². The van der Waals surface area contributed by atoms with Crippen molar-refractivity contribution in [2.24, 2.45) is 0 Å². The van der Waals surface area contributed by atoms with Crippen LogP contribution in [0.5, 0.6) is 0 Å². The van der Waals surface area contributed by atoms with Crippen molar-refractivity contribution in [2.45, 2.75) is 49.8 Å². The van der Waals surface area contributed by atoms with Gasteiger partial charge < -0.3 is 10.2 Å². The monoisotopic (exact) mass is 306 g/mol. The number of hydrogen-bond donors (Lipinski definition) is 1. The van der Waals surface area contributed by atoms with E-state index in [-0.39, 0.29) is 5.91 Å². The van der Waals surface area contributed by atoms with Gasteiger partial charge in [0.25, 0.3) is 5.91 Å². The molecule has 1 unspecified atom stereocenters. The molecular weight excluding hydrogens is 280 g/mol. The van der Waals surface area contributed by atoms with Crippen molar-refractivity contribution in [1.82, 2.24) is 10.2 Å². The van der Waals surface area contributed by atoms with E-state index in [9.17, 15) is 4.79 Å². The van der Waals surface area contributed by atoms with E-state index in [1.807, 2.05) is 28.8 Å². The summed E-state index contributed by atoms with van der Waals surface area (Å²) in [5, 5.41) is 3.91. The summed E-state index contributed by atoms with van der Waals surface area (Å²) in [6.45, 7) is 9.27.